The van der Waals surface area contributed by atoms with Gasteiger partial charge in [0.25, 0.3) is 0 Å². The lowest BCUT2D eigenvalue weighted by Gasteiger charge is -2.22. The quantitative estimate of drug-likeness (QED) is 0.323. The summed E-state index contributed by atoms with van der Waals surface area (Å²) in [4.78, 5) is 17.2. The highest BCUT2D eigenvalue weighted by Gasteiger charge is 2.46. The molecule has 1 atom stereocenters. The molecular weight excluding hydrogens is 446 g/mol. The first kappa shape index (κ1) is 24.9. The largest absolute Gasteiger partial charge is 0.504 e. The third-order valence-corrected chi connectivity index (χ3v) is 8.74. The molecule has 2 saturated carbocycles. The molecule has 0 aromatic carbocycles. The highest BCUT2D eigenvalue weighted by atomic mass is 28.3. The maximum atomic E-state index is 12.8. The highest BCUT2D eigenvalue weighted by molar-refractivity contribution is 6.76. The first-order chi connectivity index (χ1) is 16.0. The van der Waals surface area contributed by atoms with Crippen molar-refractivity contribution in [3.63, 3.8) is 0 Å². The van der Waals surface area contributed by atoms with Gasteiger partial charge >= 0.3 is 0 Å². The summed E-state index contributed by atoms with van der Waals surface area (Å²) in [7, 11) is -1.14. The van der Waals surface area contributed by atoms with E-state index in [2.05, 4.69) is 35.0 Å². The number of nitrogens with two attached hydrogens (primary N) is 1. The molecule has 4 N–H and O–H groups in total. The fourth-order valence-electron chi connectivity index (χ4n) is 4.76. The minimum atomic E-state index is -1.14. The van der Waals surface area contributed by atoms with E-state index in [1.165, 1.54) is 0 Å². The van der Waals surface area contributed by atoms with Gasteiger partial charge in [-0.3, -0.25) is 4.79 Å². The molecule has 8 nitrogen and oxygen atoms in total. The van der Waals surface area contributed by atoms with Crippen LogP contribution in [0.15, 0.2) is 12.3 Å². The minimum absolute atomic E-state index is 0.0784. The summed E-state index contributed by atoms with van der Waals surface area (Å²) in [5.41, 5.74) is 9.78. The average Bonchev–Trinajstić information content (AvgIpc) is 3.67. The molecule has 2 heterocycles. The van der Waals surface area contributed by atoms with Crippen molar-refractivity contribution in [2.75, 3.05) is 11.9 Å². The smallest absolute Gasteiger partial charge is 0.242 e. The minimum Gasteiger partial charge on any atom is -0.504 e. The van der Waals surface area contributed by atoms with Gasteiger partial charge < -0.3 is 20.9 Å². The fourth-order valence-corrected chi connectivity index (χ4v) is 5.52. The van der Waals surface area contributed by atoms with E-state index < -0.39 is 14.1 Å². The van der Waals surface area contributed by atoms with Crippen LogP contribution in [-0.2, 0) is 16.3 Å². The van der Waals surface area contributed by atoms with Gasteiger partial charge in [0.2, 0.25) is 5.91 Å². The van der Waals surface area contributed by atoms with Crippen molar-refractivity contribution < 1.29 is 14.6 Å². The summed E-state index contributed by atoms with van der Waals surface area (Å²) >= 11 is 0. The molecule has 0 bridgehead atoms. The second-order valence-electron chi connectivity index (χ2n) is 11.3. The summed E-state index contributed by atoms with van der Waals surface area (Å²) in [5, 5.41) is 18.0. The Bertz CT molecular complexity index is 1030. The number of carbonyl (C=O) groups excluding carboxylic acids is 1. The zero-order valence-corrected chi connectivity index (χ0v) is 22.1. The molecule has 2 fully saturated rings. The molecule has 0 aliphatic heterocycles. The predicted octanol–water partition coefficient (Wildman–Crippen LogP) is 4.28. The van der Waals surface area contributed by atoms with Crippen LogP contribution in [0.5, 0.6) is 5.75 Å². The number of pyridine rings is 1. The zero-order chi connectivity index (χ0) is 24.6. The summed E-state index contributed by atoms with van der Waals surface area (Å²) < 4.78 is 7.71. The molecular formula is C25H39N5O3Si. The third kappa shape index (κ3) is 5.87. The number of anilines is 1. The summed E-state index contributed by atoms with van der Waals surface area (Å²) in [5.74, 6) is 1.18. The lowest BCUT2D eigenvalue weighted by atomic mass is 9.89. The SMILES string of the molecule is Cc1nn(COCC[Si](C)(C)C)c(C)c1-c1cnc(NC(=O)[C@@H](N)C(C2CC2)C2CC2)c(O)c1. The number of aryl methyl sites for hydroxylation is 1. The monoisotopic (exact) mass is 485 g/mol. The van der Waals surface area contributed by atoms with Crippen LogP contribution >= 0.6 is 0 Å². The molecule has 0 spiro atoms. The lowest BCUT2D eigenvalue weighted by Crippen LogP contribution is -2.43. The van der Waals surface area contributed by atoms with E-state index in [1.807, 2.05) is 18.5 Å². The Balaban J connectivity index is 1.42. The Morgan fingerprint density at radius 3 is 2.47 bits per heavy atom. The van der Waals surface area contributed by atoms with E-state index in [1.54, 1.807) is 12.3 Å². The third-order valence-electron chi connectivity index (χ3n) is 7.04. The van der Waals surface area contributed by atoms with Gasteiger partial charge in [0.1, 0.15) is 6.73 Å². The molecule has 4 rings (SSSR count). The van der Waals surface area contributed by atoms with Crippen molar-refractivity contribution >= 4 is 19.8 Å². The number of nitrogens with zero attached hydrogens (tertiary/aromatic N) is 3. The van der Waals surface area contributed by atoms with Gasteiger partial charge in [-0.2, -0.15) is 5.10 Å². The van der Waals surface area contributed by atoms with E-state index in [0.717, 1.165) is 60.8 Å². The van der Waals surface area contributed by atoms with Crippen molar-refractivity contribution in [3.8, 4) is 16.9 Å². The Kier molecular flexibility index (Phi) is 7.16. The van der Waals surface area contributed by atoms with Crippen LogP contribution in [0.2, 0.25) is 25.7 Å². The van der Waals surface area contributed by atoms with Crippen molar-refractivity contribution in [1.29, 1.82) is 0 Å². The van der Waals surface area contributed by atoms with E-state index in [9.17, 15) is 9.90 Å². The molecule has 34 heavy (non-hydrogen) atoms. The molecule has 0 saturated heterocycles. The number of hydrogen-bond acceptors (Lipinski definition) is 6. The second kappa shape index (κ2) is 9.79. The topological polar surface area (TPSA) is 115 Å². The van der Waals surface area contributed by atoms with Crippen LogP contribution in [0.25, 0.3) is 11.1 Å². The molecule has 2 aliphatic carbocycles. The summed E-state index contributed by atoms with van der Waals surface area (Å²) in [6, 6.07) is 2.17. The van der Waals surface area contributed by atoms with Crippen molar-refractivity contribution in [3.05, 3.63) is 23.7 Å². The van der Waals surface area contributed by atoms with Gasteiger partial charge in [0.15, 0.2) is 11.6 Å². The van der Waals surface area contributed by atoms with Gasteiger partial charge in [0.05, 0.1) is 11.7 Å². The van der Waals surface area contributed by atoms with Gasteiger partial charge in [-0.15, -0.1) is 0 Å². The number of nitrogens with one attached hydrogen (secondary N) is 1. The molecule has 0 radical (unpaired) electrons. The fraction of sp³-hybridized carbons (Fsp3) is 0.640. The Labute approximate surface area is 203 Å². The Hall–Kier alpha value is -2.23. The molecule has 2 aliphatic rings. The van der Waals surface area contributed by atoms with Crippen LogP contribution < -0.4 is 11.1 Å². The van der Waals surface area contributed by atoms with Crippen LogP contribution in [0.1, 0.15) is 37.1 Å². The summed E-state index contributed by atoms with van der Waals surface area (Å²) in [6.07, 6.45) is 6.31. The number of aromatic nitrogens is 3. The standard InChI is InChI=1S/C25H39N5O3Si/c1-15-21(16(2)30(29-15)14-33-10-11-34(3,4)5)19-12-20(31)24(27-13-19)28-25(32)23(26)22(17-6-7-17)18-8-9-18/h12-13,17-18,22-23,31H,6-11,14,26H2,1-5H3,(H,27,28,32)/t23-/m0/s1. The number of rotatable bonds is 11. The van der Waals surface area contributed by atoms with E-state index >= 15 is 0 Å². The number of amides is 1. The molecule has 2 aromatic heterocycles. The average molecular weight is 486 g/mol. The second-order valence-corrected chi connectivity index (χ2v) is 16.9. The van der Waals surface area contributed by atoms with Crippen molar-refractivity contribution in [2.45, 2.75) is 78.0 Å². The molecule has 1 amide bonds. The van der Waals surface area contributed by atoms with Gasteiger partial charge in [-0.25, -0.2) is 9.67 Å². The number of aromatic hydroxyl groups is 1. The first-order valence-electron chi connectivity index (χ1n) is 12.4. The summed E-state index contributed by atoms with van der Waals surface area (Å²) in [6.45, 7) is 12.0. The van der Waals surface area contributed by atoms with Crippen LogP contribution in [0.3, 0.4) is 0 Å². The molecule has 186 valence electrons. The lowest BCUT2D eigenvalue weighted by molar-refractivity contribution is -0.118. The predicted molar refractivity (Wildman–Crippen MR) is 136 cm³/mol. The van der Waals surface area contributed by atoms with Crippen LogP contribution in [0.4, 0.5) is 5.82 Å². The van der Waals surface area contributed by atoms with Crippen LogP contribution in [-0.4, -0.2) is 46.5 Å². The van der Waals surface area contributed by atoms with Gasteiger partial charge in [-0.05, 0) is 69.4 Å². The van der Waals surface area contributed by atoms with E-state index in [0.29, 0.717) is 18.6 Å². The normalized spacial score (nSPS) is 17.3. The van der Waals surface area contributed by atoms with Crippen molar-refractivity contribution in [2.24, 2.45) is 23.5 Å². The van der Waals surface area contributed by atoms with Gasteiger partial charge in [0, 0.05) is 37.7 Å². The number of carbonyl (C=O) groups is 1. The maximum Gasteiger partial charge on any atom is 0.242 e. The van der Waals surface area contributed by atoms with E-state index in [-0.39, 0.29) is 23.4 Å². The zero-order valence-electron chi connectivity index (χ0n) is 21.1. The van der Waals surface area contributed by atoms with Crippen LogP contribution in [0, 0.1) is 31.6 Å². The number of ether oxygens (including phenoxy) is 1. The van der Waals surface area contributed by atoms with E-state index in [4.69, 9.17) is 10.5 Å². The maximum absolute atomic E-state index is 12.8. The molecule has 9 heteroatoms. The highest BCUT2D eigenvalue weighted by Crippen LogP contribution is 2.50. The Morgan fingerprint density at radius 1 is 1.26 bits per heavy atom. The number of hydrogen-bond donors (Lipinski definition) is 3. The van der Waals surface area contributed by atoms with Gasteiger partial charge in [-0.1, -0.05) is 19.6 Å². The first-order valence-corrected chi connectivity index (χ1v) is 16.1. The Morgan fingerprint density at radius 2 is 1.91 bits per heavy atom. The van der Waals surface area contributed by atoms with Crippen molar-refractivity contribution in [1.82, 2.24) is 14.8 Å². The molecule has 0 unspecified atom stereocenters. The molecule has 2 aromatic rings.